The molecule has 0 aromatic carbocycles. The lowest BCUT2D eigenvalue weighted by Crippen LogP contribution is -2.08. The quantitative estimate of drug-likeness (QED) is 0.267. The second-order valence-corrected chi connectivity index (χ2v) is 5.57. The van der Waals surface area contributed by atoms with Gasteiger partial charge in [0.15, 0.2) is 0 Å². The summed E-state index contributed by atoms with van der Waals surface area (Å²) < 4.78 is 20.0. The monoisotopic (exact) mass is 294 g/mol. The molecule has 0 aromatic heterocycles. The van der Waals surface area contributed by atoms with Gasteiger partial charge in [0.05, 0.1) is 25.8 Å². The molecule has 0 fully saturated rings. The minimum atomic E-state index is -4.14. The van der Waals surface area contributed by atoms with Gasteiger partial charge in [-0.3, -0.25) is 9.36 Å². The highest BCUT2D eigenvalue weighted by Gasteiger charge is 2.15. The topological polar surface area (TPSA) is 110 Å². The highest BCUT2D eigenvalue weighted by atomic mass is 31.2. The van der Waals surface area contributed by atoms with E-state index in [2.05, 4.69) is 6.58 Å². The van der Waals surface area contributed by atoms with Crippen LogP contribution in [0.2, 0.25) is 0 Å². The summed E-state index contributed by atoms with van der Waals surface area (Å²) in [4.78, 5) is 38.8. The predicted molar refractivity (Wildman–Crippen MR) is 67.5 cm³/mol. The van der Waals surface area contributed by atoms with Crippen LogP contribution in [0.5, 0.6) is 0 Å². The van der Waals surface area contributed by atoms with Crippen molar-refractivity contribution < 1.29 is 33.4 Å². The van der Waals surface area contributed by atoms with Crippen molar-refractivity contribution in [3.63, 3.8) is 0 Å². The number of carbonyl (C=O) groups excluding carboxylic acids is 2. The Labute approximate surface area is 111 Å². The smallest absolute Gasteiger partial charge is 0.330 e. The Bertz CT molecular complexity index is 347. The summed E-state index contributed by atoms with van der Waals surface area (Å²) in [5.41, 5.74) is 0. The second kappa shape index (κ2) is 9.72. The molecular formula is C11H19O7P. The zero-order valence-electron chi connectivity index (χ0n) is 10.6. The summed E-state index contributed by atoms with van der Waals surface area (Å²) in [5, 5.41) is 0. The molecule has 0 saturated carbocycles. The molecule has 0 bridgehead atoms. The number of esters is 2. The van der Waals surface area contributed by atoms with Crippen LogP contribution < -0.4 is 0 Å². The van der Waals surface area contributed by atoms with Crippen LogP contribution in [-0.2, 0) is 23.6 Å². The van der Waals surface area contributed by atoms with Crippen LogP contribution in [0.15, 0.2) is 12.7 Å². The third kappa shape index (κ3) is 13.1. The minimum absolute atomic E-state index is 0.190. The Kier molecular flexibility index (Phi) is 9.12. The van der Waals surface area contributed by atoms with Crippen LogP contribution in [0.25, 0.3) is 0 Å². The van der Waals surface area contributed by atoms with Crippen molar-refractivity contribution in [2.24, 2.45) is 0 Å². The Hall–Kier alpha value is -1.17. The lowest BCUT2D eigenvalue weighted by atomic mass is 10.2. The maximum atomic E-state index is 11.1. The van der Waals surface area contributed by atoms with E-state index >= 15 is 0 Å². The number of carbonyl (C=O) groups is 2. The molecule has 7 nitrogen and oxygen atoms in total. The fourth-order valence-electron chi connectivity index (χ4n) is 1.11. The van der Waals surface area contributed by atoms with Crippen molar-refractivity contribution >= 4 is 19.5 Å². The number of hydrogen-bond acceptors (Lipinski definition) is 5. The summed E-state index contributed by atoms with van der Waals surface area (Å²) in [5.74, 6) is -1.09. The van der Waals surface area contributed by atoms with Gasteiger partial charge in [0.25, 0.3) is 0 Å². The van der Waals surface area contributed by atoms with Crippen molar-refractivity contribution in [1.29, 1.82) is 0 Å². The Morgan fingerprint density at radius 1 is 1.11 bits per heavy atom. The maximum Gasteiger partial charge on any atom is 0.330 e. The van der Waals surface area contributed by atoms with Gasteiger partial charge in [0.1, 0.15) is 0 Å². The van der Waals surface area contributed by atoms with Crippen LogP contribution in [0.4, 0.5) is 0 Å². The molecule has 0 saturated heterocycles. The molecule has 0 aliphatic carbocycles. The number of rotatable bonds is 10. The zero-order chi connectivity index (χ0) is 14.7. The molecule has 0 rings (SSSR count). The first-order chi connectivity index (χ1) is 8.85. The van der Waals surface area contributed by atoms with Gasteiger partial charge in [0, 0.05) is 6.08 Å². The van der Waals surface area contributed by atoms with Gasteiger partial charge in [-0.25, -0.2) is 4.79 Å². The molecule has 110 valence electrons. The highest BCUT2D eigenvalue weighted by molar-refractivity contribution is 7.51. The summed E-state index contributed by atoms with van der Waals surface area (Å²) >= 11 is 0. The van der Waals surface area contributed by atoms with Crippen LogP contribution in [-0.4, -0.2) is 41.1 Å². The van der Waals surface area contributed by atoms with E-state index < -0.39 is 25.7 Å². The van der Waals surface area contributed by atoms with E-state index in [0.29, 0.717) is 12.8 Å². The molecule has 0 heterocycles. The molecule has 0 radical (unpaired) electrons. The summed E-state index contributed by atoms with van der Waals surface area (Å²) in [7, 11) is -4.14. The van der Waals surface area contributed by atoms with Crippen molar-refractivity contribution in [2.45, 2.75) is 25.7 Å². The van der Waals surface area contributed by atoms with Gasteiger partial charge < -0.3 is 19.3 Å². The number of ether oxygens (including phenoxy) is 2. The molecule has 19 heavy (non-hydrogen) atoms. The molecule has 0 amide bonds. The van der Waals surface area contributed by atoms with E-state index in [9.17, 15) is 14.2 Å². The molecule has 8 heteroatoms. The first kappa shape index (κ1) is 17.8. The van der Waals surface area contributed by atoms with Crippen LogP contribution in [0.1, 0.15) is 25.7 Å². The average molecular weight is 294 g/mol. The lowest BCUT2D eigenvalue weighted by molar-refractivity contribution is -0.143. The summed E-state index contributed by atoms with van der Waals surface area (Å²) in [6, 6.07) is 0. The third-order valence-electron chi connectivity index (χ3n) is 2.07. The van der Waals surface area contributed by atoms with E-state index in [4.69, 9.17) is 19.3 Å². The highest BCUT2D eigenvalue weighted by Crippen LogP contribution is 2.34. The minimum Gasteiger partial charge on any atom is -0.466 e. The number of hydrogen-bond donors (Lipinski definition) is 2. The first-order valence-corrected chi connectivity index (χ1v) is 7.64. The molecule has 0 aliphatic heterocycles. The third-order valence-corrected chi connectivity index (χ3v) is 2.88. The fourth-order valence-corrected chi connectivity index (χ4v) is 1.58. The lowest BCUT2D eigenvalue weighted by Gasteiger charge is -2.06. The largest absolute Gasteiger partial charge is 0.466 e. The molecule has 0 aromatic rings. The van der Waals surface area contributed by atoms with Gasteiger partial charge >= 0.3 is 19.5 Å². The average Bonchev–Trinajstić information content (AvgIpc) is 2.34. The molecule has 2 N–H and O–H groups in total. The van der Waals surface area contributed by atoms with Crippen LogP contribution in [0.3, 0.4) is 0 Å². The predicted octanol–water partition coefficient (Wildman–Crippen LogP) is 0.997. The van der Waals surface area contributed by atoms with Crippen molar-refractivity contribution in [3.05, 3.63) is 12.7 Å². The van der Waals surface area contributed by atoms with Crippen LogP contribution >= 0.6 is 7.60 Å². The number of unbranched alkanes of at least 4 members (excludes halogenated alkanes) is 2. The fraction of sp³-hybridized carbons (Fsp3) is 0.636. The first-order valence-electron chi connectivity index (χ1n) is 5.84. The normalized spacial score (nSPS) is 10.8. The standard InChI is InChI=1S/C11H19O7P/c1-2-10(12)17-7-4-3-5-8-18-11(13)6-9-19(14,15)16/h2H,1,3-9H2,(H2,14,15,16). The van der Waals surface area contributed by atoms with Gasteiger partial charge in [-0.15, -0.1) is 0 Å². The van der Waals surface area contributed by atoms with Crippen molar-refractivity contribution in [3.8, 4) is 0 Å². The molecule has 0 atom stereocenters. The second-order valence-electron chi connectivity index (χ2n) is 3.79. The van der Waals surface area contributed by atoms with E-state index in [1.807, 2.05) is 0 Å². The van der Waals surface area contributed by atoms with Crippen molar-refractivity contribution in [1.82, 2.24) is 0 Å². The molecule has 0 spiro atoms. The van der Waals surface area contributed by atoms with Gasteiger partial charge in [-0.05, 0) is 19.3 Å². The van der Waals surface area contributed by atoms with Gasteiger partial charge in [0.2, 0.25) is 0 Å². The summed E-state index contributed by atoms with van der Waals surface area (Å²) in [6.07, 6.45) is 2.27. The zero-order valence-corrected chi connectivity index (χ0v) is 11.5. The van der Waals surface area contributed by atoms with Crippen LogP contribution in [0, 0.1) is 0 Å². The van der Waals surface area contributed by atoms with E-state index in [1.54, 1.807) is 0 Å². The Morgan fingerprint density at radius 2 is 1.68 bits per heavy atom. The van der Waals surface area contributed by atoms with Crippen molar-refractivity contribution in [2.75, 3.05) is 19.4 Å². The summed E-state index contributed by atoms with van der Waals surface area (Å²) in [6.45, 7) is 3.73. The molecule has 0 aliphatic rings. The molecular weight excluding hydrogens is 275 g/mol. The SMILES string of the molecule is C=CC(=O)OCCCCCOC(=O)CCP(=O)(O)O. The maximum absolute atomic E-state index is 11.1. The molecule has 0 unspecified atom stereocenters. The van der Waals surface area contributed by atoms with Gasteiger partial charge in [-0.1, -0.05) is 6.58 Å². The van der Waals surface area contributed by atoms with E-state index in [1.165, 1.54) is 0 Å². The Morgan fingerprint density at radius 3 is 2.21 bits per heavy atom. The van der Waals surface area contributed by atoms with E-state index in [0.717, 1.165) is 12.5 Å². The van der Waals surface area contributed by atoms with Gasteiger partial charge in [-0.2, -0.15) is 0 Å². The van der Waals surface area contributed by atoms with E-state index in [-0.39, 0.29) is 19.6 Å². The Balaban J connectivity index is 3.39.